The Balaban J connectivity index is 1.58. The molecule has 2 aliphatic rings. The molecule has 0 bridgehead atoms. The third kappa shape index (κ3) is 4.40. The SMILES string of the molecule is CCSN[C@@H]1CN(C2=NO[C@H](c3ncc(C)cc3-c3c(F)cc(F)cc3F)C2)CC1(F)F. The minimum atomic E-state index is -2.95. The van der Waals surface area contributed by atoms with Crippen LogP contribution in [0.15, 0.2) is 29.6 Å². The second kappa shape index (κ2) is 8.86. The fourth-order valence-electron chi connectivity index (χ4n) is 3.82. The van der Waals surface area contributed by atoms with Gasteiger partial charge in [-0.2, -0.15) is 0 Å². The van der Waals surface area contributed by atoms with Crippen LogP contribution in [0.1, 0.15) is 30.7 Å². The molecule has 0 radical (unpaired) electrons. The minimum Gasteiger partial charge on any atom is -0.384 e. The fraction of sp³-hybridized carbons (Fsp3) is 0.429. The number of pyridine rings is 1. The van der Waals surface area contributed by atoms with Gasteiger partial charge < -0.3 is 9.74 Å². The van der Waals surface area contributed by atoms with Gasteiger partial charge in [0.25, 0.3) is 5.92 Å². The third-order valence-corrected chi connectivity index (χ3v) is 6.08. The number of amidine groups is 1. The van der Waals surface area contributed by atoms with Crippen molar-refractivity contribution in [1.82, 2.24) is 14.6 Å². The summed E-state index contributed by atoms with van der Waals surface area (Å²) >= 11 is 1.22. The highest BCUT2D eigenvalue weighted by Crippen LogP contribution is 2.38. The van der Waals surface area contributed by atoms with Crippen molar-refractivity contribution in [1.29, 1.82) is 0 Å². The van der Waals surface area contributed by atoms with E-state index in [4.69, 9.17) is 4.84 Å². The monoisotopic (exact) mass is 472 g/mol. The molecule has 1 saturated heterocycles. The number of halogens is 5. The molecule has 3 heterocycles. The fourth-order valence-corrected chi connectivity index (χ4v) is 4.44. The summed E-state index contributed by atoms with van der Waals surface area (Å²) in [6.45, 7) is 3.09. The van der Waals surface area contributed by atoms with Crippen molar-refractivity contribution < 1.29 is 26.8 Å². The van der Waals surface area contributed by atoms with Crippen molar-refractivity contribution in [2.24, 2.45) is 5.16 Å². The van der Waals surface area contributed by atoms with Crippen LogP contribution >= 0.6 is 11.9 Å². The number of nitrogens with zero attached hydrogens (tertiary/aromatic N) is 3. The molecular weight excluding hydrogens is 451 g/mol. The van der Waals surface area contributed by atoms with Gasteiger partial charge in [0, 0.05) is 36.2 Å². The Hall–Kier alpha value is -2.40. The topological polar surface area (TPSA) is 49.8 Å². The average molecular weight is 472 g/mol. The second-order valence-corrected chi connectivity index (χ2v) is 8.84. The maximum absolute atomic E-state index is 14.5. The lowest BCUT2D eigenvalue weighted by atomic mass is 9.97. The quantitative estimate of drug-likeness (QED) is 0.499. The van der Waals surface area contributed by atoms with E-state index in [0.29, 0.717) is 29.3 Å². The molecule has 0 spiro atoms. The van der Waals surface area contributed by atoms with Crippen LogP contribution in [0.2, 0.25) is 0 Å². The van der Waals surface area contributed by atoms with Crippen molar-refractivity contribution >= 4 is 17.8 Å². The number of rotatable bonds is 5. The van der Waals surface area contributed by atoms with Gasteiger partial charge >= 0.3 is 0 Å². The second-order valence-electron chi connectivity index (χ2n) is 7.74. The summed E-state index contributed by atoms with van der Waals surface area (Å²) in [5.41, 5.74) is 0.503. The lowest BCUT2D eigenvalue weighted by molar-refractivity contribution is -0.000510. The molecular formula is C21H21F5N4OS. The van der Waals surface area contributed by atoms with Crippen LogP contribution in [0, 0.1) is 24.4 Å². The van der Waals surface area contributed by atoms with Gasteiger partial charge in [-0.3, -0.25) is 9.71 Å². The predicted octanol–water partition coefficient (Wildman–Crippen LogP) is 4.83. The number of hydrogen-bond donors (Lipinski definition) is 1. The van der Waals surface area contributed by atoms with Crippen molar-refractivity contribution in [3.63, 3.8) is 0 Å². The van der Waals surface area contributed by atoms with Crippen LogP contribution in [-0.4, -0.2) is 46.5 Å². The zero-order valence-corrected chi connectivity index (χ0v) is 18.2. The number of alkyl halides is 2. The molecule has 5 nitrogen and oxygen atoms in total. The van der Waals surface area contributed by atoms with Gasteiger partial charge in [-0.25, -0.2) is 22.0 Å². The van der Waals surface area contributed by atoms with Crippen molar-refractivity contribution in [2.75, 3.05) is 18.8 Å². The van der Waals surface area contributed by atoms with Crippen LogP contribution in [-0.2, 0) is 4.84 Å². The molecule has 1 aromatic heterocycles. The van der Waals surface area contributed by atoms with Gasteiger partial charge in [-0.1, -0.05) is 24.0 Å². The van der Waals surface area contributed by atoms with Gasteiger partial charge in [0.15, 0.2) is 6.10 Å². The number of benzene rings is 1. The third-order valence-electron chi connectivity index (χ3n) is 5.34. The summed E-state index contributed by atoms with van der Waals surface area (Å²) in [5.74, 6) is -5.16. The maximum Gasteiger partial charge on any atom is 0.282 e. The number of nitrogens with one attached hydrogen (secondary N) is 1. The lowest BCUT2D eigenvalue weighted by Gasteiger charge is -2.17. The first-order valence-corrected chi connectivity index (χ1v) is 11.0. The highest BCUT2D eigenvalue weighted by atomic mass is 32.2. The smallest absolute Gasteiger partial charge is 0.282 e. The van der Waals surface area contributed by atoms with Crippen molar-refractivity contribution in [2.45, 2.75) is 38.3 Å². The molecule has 0 saturated carbocycles. The van der Waals surface area contributed by atoms with Crippen LogP contribution in [0.5, 0.6) is 0 Å². The van der Waals surface area contributed by atoms with Crippen molar-refractivity contribution in [3.8, 4) is 11.1 Å². The van der Waals surface area contributed by atoms with E-state index >= 15 is 0 Å². The van der Waals surface area contributed by atoms with Gasteiger partial charge in [0.05, 0.1) is 24.2 Å². The molecule has 1 N–H and O–H groups in total. The highest BCUT2D eigenvalue weighted by molar-refractivity contribution is 7.97. The first kappa shape index (κ1) is 22.8. The molecule has 0 amide bonds. The zero-order chi connectivity index (χ0) is 23.0. The minimum absolute atomic E-state index is 0.0459. The lowest BCUT2D eigenvalue weighted by Crippen LogP contribution is -2.40. The molecule has 11 heteroatoms. The molecule has 2 atom stereocenters. The number of likely N-dealkylation sites (tertiary alicyclic amines) is 1. The molecule has 2 aromatic rings. The summed E-state index contributed by atoms with van der Waals surface area (Å²) in [6.07, 6.45) is 0.790. The standard InChI is InChI=1S/C21H21F5N4OS/c1-3-32-29-17-9-30(10-21(17,25)26)18-7-16(31-28-18)20-13(4-11(2)8-27-20)19-14(23)5-12(22)6-15(19)24/h4-6,8,16-17,29H,3,7,9-10H2,1-2H3/t16-,17+/m0/s1. The first-order valence-electron chi connectivity index (χ1n) is 10.0. The Morgan fingerprint density at radius 1 is 1.22 bits per heavy atom. The Kier molecular flexibility index (Phi) is 6.30. The molecule has 2 aliphatic heterocycles. The summed E-state index contributed by atoms with van der Waals surface area (Å²) in [7, 11) is 0. The molecule has 1 aromatic carbocycles. The molecule has 0 unspecified atom stereocenters. The zero-order valence-electron chi connectivity index (χ0n) is 17.3. The van der Waals surface area contributed by atoms with E-state index in [2.05, 4.69) is 14.9 Å². The van der Waals surface area contributed by atoms with E-state index in [-0.39, 0.29) is 24.2 Å². The maximum atomic E-state index is 14.5. The summed E-state index contributed by atoms with van der Waals surface area (Å²) < 4.78 is 73.8. The summed E-state index contributed by atoms with van der Waals surface area (Å²) in [5, 5.41) is 3.96. The van der Waals surface area contributed by atoms with Crippen LogP contribution in [0.25, 0.3) is 11.1 Å². The molecule has 0 aliphatic carbocycles. The number of hydrogen-bond acceptors (Lipinski definition) is 6. The largest absolute Gasteiger partial charge is 0.384 e. The van der Waals surface area contributed by atoms with E-state index < -0.39 is 47.6 Å². The highest BCUT2D eigenvalue weighted by Gasteiger charge is 2.50. The Morgan fingerprint density at radius 2 is 1.94 bits per heavy atom. The van der Waals surface area contributed by atoms with Crippen LogP contribution < -0.4 is 4.72 Å². The Morgan fingerprint density at radius 3 is 2.62 bits per heavy atom. The Bertz CT molecular complexity index is 1030. The molecule has 32 heavy (non-hydrogen) atoms. The summed E-state index contributed by atoms with van der Waals surface area (Å²) in [4.78, 5) is 11.2. The number of aryl methyl sites for hydroxylation is 1. The van der Waals surface area contributed by atoms with Crippen molar-refractivity contribution in [3.05, 3.63) is 53.1 Å². The van der Waals surface area contributed by atoms with E-state index in [9.17, 15) is 22.0 Å². The Labute approximate surface area is 186 Å². The normalized spacial score (nSPS) is 22.2. The van der Waals surface area contributed by atoms with Crippen LogP contribution in [0.4, 0.5) is 22.0 Å². The van der Waals surface area contributed by atoms with Gasteiger partial charge in [0.2, 0.25) is 0 Å². The average Bonchev–Trinajstić information content (AvgIpc) is 3.30. The predicted molar refractivity (Wildman–Crippen MR) is 112 cm³/mol. The molecule has 172 valence electrons. The van der Waals surface area contributed by atoms with Gasteiger partial charge in [-0.15, -0.1) is 0 Å². The van der Waals surface area contributed by atoms with E-state index in [1.807, 2.05) is 6.92 Å². The van der Waals surface area contributed by atoms with Gasteiger partial charge in [0.1, 0.15) is 29.3 Å². The van der Waals surface area contributed by atoms with Gasteiger partial charge in [-0.05, 0) is 18.6 Å². The number of oxime groups is 1. The first-order chi connectivity index (χ1) is 15.2. The summed E-state index contributed by atoms with van der Waals surface area (Å²) in [6, 6.07) is 1.67. The molecule has 4 rings (SSSR count). The van der Waals surface area contributed by atoms with E-state index in [0.717, 1.165) is 0 Å². The molecule has 1 fully saturated rings. The van der Waals surface area contributed by atoms with Crippen LogP contribution in [0.3, 0.4) is 0 Å². The number of aromatic nitrogens is 1. The van der Waals surface area contributed by atoms with E-state index in [1.54, 1.807) is 6.92 Å². The van der Waals surface area contributed by atoms with E-state index in [1.165, 1.54) is 29.1 Å².